The molecule has 0 saturated carbocycles. The van der Waals surface area contributed by atoms with Crippen LogP contribution in [0.3, 0.4) is 0 Å². The Hall–Kier alpha value is -3.68. The predicted octanol–water partition coefficient (Wildman–Crippen LogP) is 2.10. The van der Waals surface area contributed by atoms with Crippen molar-refractivity contribution in [2.24, 2.45) is 0 Å². The van der Waals surface area contributed by atoms with Crippen LogP contribution in [0.5, 0.6) is 5.75 Å². The van der Waals surface area contributed by atoms with Gasteiger partial charge in [-0.3, -0.25) is 24.1 Å². The van der Waals surface area contributed by atoms with Gasteiger partial charge in [0, 0.05) is 18.5 Å². The molecule has 4 amide bonds. The number of hydrogen-bond donors (Lipinski definition) is 2. The van der Waals surface area contributed by atoms with Crippen molar-refractivity contribution < 1.29 is 23.9 Å². The molecular weight excluding hydrogens is 386 g/mol. The Morgan fingerprint density at radius 1 is 1.00 bits per heavy atom. The number of para-hydroxylation sites is 1. The van der Waals surface area contributed by atoms with Crippen LogP contribution in [-0.2, 0) is 20.9 Å². The summed E-state index contributed by atoms with van der Waals surface area (Å²) in [7, 11) is 0. The number of carbonyl (C=O) groups excluding carboxylic acids is 4. The van der Waals surface area contributed by atoms with Gasteiger partial charge in [-0.05, 0) is 36.8 Å². The zero-order chi connectivity index (χ0) is 21.5. The number of ether oxygens (including phenoxy) is 1. The molecule has 0 radical (unpaired) electrons. The number of nitrogens with one attached hydrogen (secondary N) is 2. The minimum absolute atomic E-state index is 0.168. The van der Waals surface area contributed by atoms with Crippen LogP contribution in [-0.4, -0.2) is 41.7 Å². The molecule has 0 aliphatic carbocycles. The van der Waals surface area contributed by atoms with E-state index in [4.69, 9.17) is 4.74 Å². The number of nitrogens with zero attached hydrogens (tertiary/aromatic N) is 1. The number of rotatable bonds is 8. The van der Waals surface area contributed by atoms with Crippen molar-refractivity contribution in [2.75, 3.05) is 18.5 Å². The molecule has 1 saturated heterocycles. The second-order valence-electron chi connectivity index (χ2n) is 6.73. The van der Waals surface area contributed by atoms with E-state index >= 15 is 0 Å². The first-order valence-electron chi connectivity index (χ1n) is 9.70. The Morgan fingerprint density at radius 3 is 2.33 bits per heavy atom. The average Bonchev–Trinajstić information content (AvgIpc) is 3.06. The molecule has 30 heavy (non-hydrogen) atoms. The Bertz CT molecular complexity index is 940. The molecular formula is C22H23N3O5. The molecule has 1 heterocycles. The second-order valence-corrected chi connectivity index (χ2v) is 6.73. The fraction of sp³-hybridized carbons (Fsp3) is 0.273. The first kappa shape index (κ1) is 21.0. The van der Waals surface area contributed by atoms with Gasteiger partial charge >= 0.3 is 0 Å². The average molecular weight is 409 g/mol. The molecule has 0 aromatic heterocycles. The van der Waals surface area contributed by atoms with Gasteiger partial charge in [-0.25, -0.2) is 0 Å². The molecule has 2 aromatic carbocycles. The summed E-state index contributed by atoms with van der Waals surface area (Å²) >= 11 is 0. The van der Waals surface area contributed by atoms with E-state index < -0.39 is 5.91 Å². The topological polar surface area (TPSA) is 105 Å². The van der Waals surface area contributed by atoms with E-state index in [9.17, 15) is 19.2 Å². The molecule has 2 N–H and O–H groups in total. The quantitative estimate of drug-likeness (QED) is 0.650. The number of imide groups is 1. The third-order valence-electron chi connectivity index (χ3n) is 4.57. The molecule has 8 nitrogen and oxygen atoms in total. The van der Waals surface area contributed by atoms with Crippen molar-refractivity contribution in [3.63, 3.8) is 0 Å². The van der Waals surface area contributed by atoms with Gasteiger partial charge in [0.25, 0.3) is 5.91 Å². The summed E-state index contributed by atoms with van der Waals surface area (Å²) in [5, 5.41) is 5.27. The SMILES string of the molecule is CCOc1ccccc1C(=O)NCC(=O)Nc1ccc(CN2C(=O)CCC2=O)cc1. The molecule has 0 spiro atoms. The van der Waals surface area contributed by atoms with Crippen LogP contribution < -0.4 is 15.4 Å². The number of likely N-dealkylation sites (tertiary alicyclic amines) is 1. The van der Waals surface area contributed by atoms with Crippen molar-refractivity contribution in [1.82, 2.24) is 10.2 Å². The van der Waals surface area contributed by atoms with E-state index in [-0.39, 0.29) is 43.7 Å². The van der Waals surface area contributed by atoms with E-state index in [1.54, 1.807) is 48.5 Å². The van der Waals surface area contributed by atoms with E-state index in [0.29, 0.717) is 23.6 Å². The third kappa shape index (κ3) is 5.22. The maximum Gasteiger partial charge on any atom is 0.255 e. The monoisotopic (exact) mass is 409 g/mol. The zero-order valence-corrected chi connectivity index (χ0v) is 16.6. The number of benzene rings is 2. The van der Waals surface area contributed by atoms with Crippen molar-refractivity contribution in [3.8, 4) is 5.75 Å². The van der Waals surface area contributed by atoms with Crippen LogP contribution in [0, 0.1) is 0 Å². The lowest BCUT2D eigenvalue weighted by Crippen LogP contribution is -2.33. The van der Waals surface area contributed by atoms with Crippen LogP contribution in [0.2, 0.25) is 0 Å². The molecule has 0 bridgehead atoms. The Labute approximate surface area is 174 Å². The highest BCUT2D eigenvalue weighted by Gasteiger charge is 2.28. The van der Waals surface area contributed by atoms with Gasteiger partial charge in [0.1, 0.15) is 5.75 Å². The maximum atomic E-state index is 12.3. The molecule has 1 aliphatic rings. The summed E-state index contributed by atoms with van der Waals surface area (Å²) in [4.78, 5) is 49.1. The van der Waals surface area contributed by atoms with Gasteiger partial charge in [0.15, 0.2) is 0 Å². The molecule has 156 valence electrons. The molecule has 0 unspecified atom stereocenters. The maximum absolute atomic E-state index is 12.3. The smallest absolute Gasteiger partial charge is 0.255 e. The van der Waals surface area contributed by atoms with Gasteiger partial charge in [-0.1, -0.05) is 24.3 Å². The predicted molar refractivity (Wildman–Crippen MR) is 110 cm³/mol. The highest BCUT2D eigenvalue weighted by molar-refractivity contribution is 6.02. The fourth-order valence-corrected chi connectivity index (χ4v) is 3.07. The zero-order valence-electron chi connectivity index (χ0n) is 16.6. The van der Waals surface area contributed by atoms with Crippen LogP contribution in [0.25, 0.3) is 0 Å². The molecule has 0 atom stereocenters. The highest BCUT2D eigenvalue weighted by Crippen LogP contribution is 2.18. The van der Waals surface area contributed by atoms with E-state index in [0.717, 1.165) is 5.56 Å². The van der Waals surface area contributed by atoms with Gasteiger partial charge in [-0.15, -0.1) is 0 Å². The molecule has 1 aliphatic heterocycles. The molecule has 3 rings (SSSR count). The van der Waals surface area contributed by atoms with Gasteiger partial charge in [0.05, 0.1) is 25.3 Å². The first-order valence-corrected chi connectivity index (χ1v) is 9.70. The number of amides is 4. The molecule has 2 aromatic rings. The second kappa shape index (κ2) is 9.69. The Balaban J connectivity index is 1.51. The number of carbonyl (C=O) groups is 4. The lowest BCUT2D eigenvalue weighted by Gasteiger charge is -2.14. The Kier molecular flexibility index (Phi) is 6.79. The van der Waals surface area contributed by atoms with Crippen molar-refractivity contribution in [1.29, 1.82) is 0 Å². The van der Waals surface area contributed by atoms with E-state index in [2.05, 4.69) is 10.6 Å². The van der Waals surface area contributed by atoms with Crippen molar-refractivity contribution in [3.05, 3.63) is 59.7 Å². The van der Waals surface area contributed by atoms with Crippen LogP contribution >= 0.6 is 0 Å². The largest absolute Gasteiger partial charge is 0.493 e. The normalized spacial score (nSPS) is 13.3. The Morgan fingerprint density at radius 2 is 1.67 bits per heavy atom. The summed E-state index contributed by atoms with van der Waals surface area (Å²) in [6.07, 6.45) is 0.515. The first-order chi connectivity index (χ1) is 14.5. The van der Waals surface area contributed by atoms with E-state index in [1.165, 1.54) is 4.90 Å². The van der Waals surface area contributed by atoms with Crippen LogP contribution in [0.1, 0.15) is 35.7 Å². The van der Waals surface area contributed by atoms with Crippen LogP contribution in [0.15, 0.2) is 48.5 Å². The fourth-order valence-electron chi connectivity index (χ4n) is 3.07. The molecule has 1 fully saturated rings. The van der Waals surface area contributed by atoms with Crippen LogP contribution in [0.4, 0.5) is 5.69 Å². The minimum Gasteiger partial charge on any atom is -0.493 e. The summed E-state index contributed by atoms with van der Waals surface area (Å²) in [5.41, 5.74) is 1.70. The highest BCUT2D eigenvalue weighted by atomic mass is 16.5. The molecule has 8 heteroatoms. The third-order valence-corrected chi connectivity index (χ3v) is 4.57. The van der Waals surface area contributed by atoms with Gasteiger partial charge < -0.3 is 15.4 Å². The summed E-state index contributed by atoms with van der Waals surface area (Å²) in [6, 6.07) is 13.7. The number of anilines is 1. The van der Waals surface area contributed by atoms with Crippen molar-refractivity contribution >= 4 is 29.3 Å². The lowest BCUT2D eigenvalue weighted by molar-refractivity contribution is -0.139. The minimum atomic E-state index is -0.399. The summed E-state index contributed by atoms with van der Waals surface area (Å²) in [6.45, 7) is 2.29. The van der Waals surface area contributed by atoms with E-state index in [1.807, 2.05) is 6.92 Å². The summed E-state index contributed by atoms with van der Waals surface area (Å²) < 4.78 is 5.43. The van der Waals surface area contributed by atoms with Crippen molar-refractivity contribution in [2.45, 2.75) is 26.3 Å². The standard InChI is InChI=1S/C22H23N3O5/c1-2-30-18-6-4-3-5-17(18)22(29)23-13-19(26)24-16-9-7-15(8-10-16)14-25-20(27)11-12-21(25)28/h3-10H,2,11-14H2,1H3,(H,23,29)(H,24,26). The van der Waals surface area contributed by atoms with Gasteiger partial charge in [-0.2, -0.15) is 0 Å². The summed E-state index contributed by atoms with van der Waals surface area (Å²) in [5.74, 6) is -0.652. The van der Waals surface area contributed by atoms with Gasteiger partial charge in [0.2, 0.25) is 17.7 Å². The number of hydrogen-bond acceptors (Lipinski definition) is 5. The lowest BCUT2D eigenvalue weighted by atomic mass is 10.2.